The molecular formula is C16H13Br2F. The van der Waals surface area contributed by atoms with E-state index in [1.807, 2.05) is 18.2 Å². The zero-order valence-corrected chi connectivity index (χ0v) is 13.8. The first-order valence-electron chi connectivity index (χ1n) is 5.87. The van der Waals surface area contributed by atoms with Crippen LogP contribution in [0, 0.1) is 19.7 Å². The lowest BCUT2D eigenvalue weighted by atomic mass is 9.94. The maximum absolute atomic E-state index is 13.0. The summed E-state index contributed by atoms with van der Waals surface area (Å²) >= 11 is 6.80. The standard InChI is InChI=1S/C16H13Br2F/c1-10-7-11(2)14(9-16(17)18)15(8-10)12-3-5-13(19)6-4-12/h3-9H,1-2H3. The summed E-state index contributed by atoms with van der Waals surface area (Å²) in [5.74, 6) is -0.216. The molecule has 0 fully saturated rings. The molecule has 3 heteroatoms. The van der Waals surface area contributed by atoms with Gasteiger partial charge in [0, 0.05) is 0 Å². The zero-order valence-electron chi connectivity index (χ0n) is 10.7. The minimum Gasteiger partial charge on any atom is -0.207 e. The van der Waals surface area contributed by atoms with Crippen molar-refractivity contribution in [2.75, 3.05) is 0 Å². The lowest BCUT2D eigenvalue weighted by molar-refractivity contribution is 0.628. The van der Waals surface area contributed by atoms with Gasteiger partial charge in [-0.25, -0.2) is 4.39 Å². The van der Waals surface area contributed by atoms with Crippen LogP contribution >= 0.6 is 31.9 Å². The van der Waals surface area contributed by atoms with E-state index >= 15 is 0 Å². The van der Waals surface area contributed by atoms with Crippen molar-refractivity contribution in [1.29, 1.82) is 0 Å². The molecule has 0 atom stereocenters. The molecule has 0 amide bonds. The summed E-state index contributed by atoms with van der Waals surface area (Å²) in [6, 6.07) is 10.9. The molecule has 0 bridgehead atoms. The lowest BCUT2D eigenvalue weighted by Gasteiger charge is -2.12. The van der Waals surface area contributed by atoms with Gasteiger partial charge in [0.1, 0.15) is 5.82 Å². The Hall–Kier alpha value is -0.930. The maximum atomic E-state index is 13.0. The van der Waals surface area contributed by atoms with Crippen LogP contribution in [-0.2, 0) is 0 Å². The lowest BCUT2D eigenvalue weighted by Crippen LogP contribution is -1.90. The summed E-state index contributed by atoms with van der Waals surface area (Å²) in [6.07, 6.45) is 2.02. The molecule has 0 unspecified atom stereocenters. The highest BCUT2D eigenvalue weighted by Gasteiger charge is 2.08. The predicted molar refractivity (Wildman–Crippen MR) is 87.1 cm³/mol. The molecule has 2 rings (SSSR count). The fourth-order valence-corrected chi connectivity index (χ4v) is 2.61. The largest absolute Gasteiger partial charge is 0.207 e. The average molecular weight is 384 g/mol. The first kappa shape index (κ1) is 14.5. The van der Waals surface area contributed by atoms with Gasteiger partial charge >= 0.3 is 0 Å². The van der Waals surface area contributed by atoms with Crippen LogP contribution in [0.15, 0.2) is 39.8 Å². The quantitative estimate of drug-likeness (QED) is 0.579. The molecule has 0 saturated heterocycles. The summed E-state index contributed by atoms with van der Waals surface area (Å²) in [5.41, 5.74) is 5.63. The molecule has 2 aromatic carbocycles. The van der Waals surface area contributed by atoms with Gasteiger partial charge < -0.3 is 0 Å². The molecule has 98 valence electrons. The van der Waals surface area contributed by atoms with Crippen LogP contribution in [0.2, 0.25) is 0 Å². The average Bonchev–Trinajstić information content (AvgIpc) is 2.33. The van der Waals surface area contributed by atoms with Crippen LogP contribution < -0.4 is 0 Å². The zero-order chi connectivity index (χ0) is 14.0. The van der Waals surface area contributed by atoms with Crippen LogP contribution in [0.25, 0.3) is 17.2 Å². The molecule has 0 aromatic heterocycles. The van der Waals surface area contributed by atoms with Crippen molar-refractivity contribution < 1.29 is 4.39 Å². The van der Waals surface area contributed by atoms with Crippen LogP contribution in [0.4, 0.5) is 4.39 Å². The van der Waals surface area contributed by atoms with E-state index in [1.165, 1.54) is 23.3 Å². The number of benzene rings is 2. The van der Waals surface area contributed by atoms with E-state index in [1.54, 1.807) is 0 Å². The van der Waals surface area contributed by atoms with Gasteiger partial charge in [-0.05, 0) is 86.2 Å². The molecule has 0 aliphatic rings. The Bertz CT molecular complexity index is 624. The Morgan fingerprint density at radius 3 is 2.26 bits per heavy atom. The first-order chi connectivity index (χ1) is 8.97. The molecule has 0 radical (unpaired) electrons. The second-order valence-corrected chi connectivity index (χ2v) is 7.26. The molecule has 0 aliphatic carbocycles. The minimum atomic E-state index is -0.216. The summed E-state index contributed by atoms with van der Waals surface area (Å²) in [6.45, 7) is 4.14. The van der Waals surface area contributed by atoms with Crippen LogP contribution in [0.5, 0.6) is 0 Å². The molecule has 0 aliphatic heterocycles. The van der Waals surface area contributed by atoms with E-state index in [2.05, 4.69) is 57.8 Å². The molecular weight excluding hydrogens is 371 g/mol. The van der Waals surface area contributed by atoms with Crippen molar-refractivity contribution in [3.05, 3.63) is 62.3 Å². The van der Waals surface area contributed by atoms with Gasteiger partial charge in [-0.15, -0.1) is 0 Å². The summed E-state index contributed by atoms with van der Waals surface area (Å²) < 4.78 is 13.9. The molecule has 0 spiro atoms. The van der Waals surface area contributed by atoms with Crippen LogP contribution in [0.1, 0.15) is 16.7 Å². The fourth-order valence-electron chi connectivity index (χ4n) is 2.15. The third-order valence-electron chi connectivity index (χ3n) is 2.94. The normalized spacial score (nSPS) is 10.4. The van der Waals surface area contributed by atoms with Crippen molar-refractivity contribution in [3.63, 3.8) is 0 Å². The Labute approximate surface area is 129 Å². The van der Waals surface area contributed by atoms with E-state index in [9.17, 15) is 4.39 Å². The number of rotatable bonds is 2. The predicted octanol–water partition coefficient (Wildman–Crippen LogP) is 6.20. The third kappa shape index (κ3) is 3.54. The van der Waals surface area contributed by atoms with E-state index in [0.717, 1.165) is 20.1 Å². The van der Waals surface area contributed by atoms with E-state index in [0.29, 0.717) is 0 Å². The monoisotopic (exact) mass is 382 g/mol. The summed E-state index contributed by atoms with van der Waals surface area (Å²) in [5, 5.41) is 0. The Morgan fingerprint density at radius 2 is 1.68 bits per heavy atom. The first-order valence-corrected chi connectivity index (χ1v) is 7.46. The molecule has 0 N–H and O–H groups in total. The number of hydrogen-bond donors (Lipinski definition) is 0. The molecule has 2 aromatic rings. The second kappa shape index (κ2) is 6.02. The molecule has 0 saturated carbocycles. The van der Waals surface area contributed by atoms with Gasteiger partial charge in [0.2, 0.25) is 0 Å². The summed E-state index contributed by atoms with van der Waals surface area (Å²) in [4.78, 5) is 0. The van der Waals surface area contributed by atoms with Gasteiger partial charge in [-0.3, -0.25) is 0 Å². The van der Waals surface area contributed by atoms with E-state index in [4.69, 9.17) is 0 Å². The smallest absolute Gasteiger partial charge is 0.123 e. The van der Waals surface area contributed by atoms with Crippen molar-refractivity contribution >= 4 is 37.9 Å². The molecule has 0 nitrogen and oxygen atoms in total. The van der Waals surface area contributed by atoms with Crippen molar-refractivity contribution in [1.82, 2.24) is 0 Å². The fraction of sp³-hybridized carbons (Fsp3) is 0.125. The van der Waals surface area contributed by atoms with E-state index < -0.39 is 0 Å². The Kier molecular flexibility index (Phi) is 4.58. The molecule has 19 heavy (non-hydrogen) atoms. The number of halogens is 3. The van der Waals surface area contributed by atoms with Crippen LogP contribution in [-0.4, -0.2) is 0 Å². The highest BCUT2D eigenvalue weighted by molar-refractivity contribution is 9.28. The third-order valence-corrected chi connectivity index (χ3v) is 3.40. The SMILES string of the molecule is Cc1cc(C)c(C=C(Br)Br)c(-c2ccc(F)cc2)c1. The topological polar surface area (TPSA) is 0 Å². The Balaban J connectivity index is 2.67. The minimum absolute atomic E-state index is 0.216. The van der Waals surface area contributed by atoms with Gasteiger partial charge in [0.05, 0.1) is 3.39 Å². The Morgan fingerprint density at radius 1 is 1.05 bits per heavy atom. The van der Waals surface area contributed by atoms with E-state index in [-0.39, 0.29) is 5.82 Å². The number of aryl methyl sites for hydroxylation is 2. The van der Waals surface area contributed by atoms with Crippen molar-refractivity contribution in [2.24, 2.45) is 0 Å². The number of hydrogen-bond acceptors (Lipinski definition) is 0. The second-order valence-electron chi connectivity index (χ2n) is 4.48. The maximum Gasteiger partial charge on any atom is 0.123 e. The van der Waals surface area contributed by atoms with Gasteiger partial charge in [-0.1, -0.05) is 29.8 Å². The van der Waals surface area contributed by atoms with Gasteiger partial charge in [-0.2, -0.15) is 0 Å². The van der Waals surface area contributed by atoms with Gasteiger partial charge in [0.25, 0.3) is 0 Å². The molecule has 0 heterocycles. The van der Waals surface area contributed by atoms with Gasteiger partial charge in [0.15, 0.2) is 0 Å². The van der Waals surface area contributed by atoms with Crippen molar-refractivity contribution in [2.45, 2.75) is 13.8 Å². The van der Waals surface area contributed by atoms with Crippen molar-refractivity contribution in [3.8, 4) is 11.1 Å². The van der Waals surface area contributed by atoms with Crippen LogP contribution in [0.3, 0.4) is 0 Å². The summed E-state index contributed by atoms with van der Waals surface area (Å²) in [7, 11) is 0. The highest BCUT2D eigenvalue weighted by Crippen LogP contribution is 2.31. The highest BCUT2D eigenvalue weighted by atomic mass is 79.9.